The lowest BCUT2D eigenvalue weighted by Crippen LogP contribution is -2.58. The summed E-state index contributed by atoms with van der Waals surface area (Å²) < 4.78 is 14.1. The Hall–Kier alpha value is -1.13. The Morgan fingerprint density at radius 1 is 1.33 bits per heavy atom. The molecular formula is C14H22FN3. The third-order valence-corrected chi connectivity index (χ3v) is 3.92. The van der Waals surface area contributed by atoms with E-state index < -0.39 is 0 Å². The van der Waals surface area contributed by atoms with Crippen LogP contribution < -0.4 is 10.6 Å². The van der Waals surface area contributed by atoms with Gasteiger partial charge < -0.3 is 10.6 Å². The molecule has 1 aliphatic rings. The second kappa shape index (κ2) is 4.86. The molecule has 0 saturated carbocycles. The van der Waals surface area contributed by atoms with Crippen molar-refractivity contribution in [2.75, 3.05) is 31.6 Å². The topological polar surface area (TPSA) is 32.5 Å². The van der Waals surface area contributed by atoms with Crippen LogP contribution >= 0.6 is 0 Å². The molecule has 1 aromatic carbocycles. The van der Waals surface area contributed by atoms with Gasteiger partial charge in [0, 0.05) is 31.7 Å². The highest BCUT2D eigenvalue weighted by Crippen LogP contribution is 2.29. The molecule has 100 valence electrons. The van der Waals surface area contributed by atoms with Gasteiger partial charge in [0.2, 0.25) is 0 Å². The molecule has 0 atom stereocenters. The van der Waals surface area contributed by atoms with Gasteiger partial charge in [0.25, 0.3) is 0 Å². The highest BCUT2D eigenvalue weighted by atomic mass is 19.1. The second-order valence-corrected chi connectivity index (χ2v) is 5.61. The van der Waals surface area contributed by atoms with E-state index >= 15 is 0 Å². The lowest BCUT2D eigenvalue weighted by Gasteiger charge is -2.46. The smallest absolute Gasteiger partial charge is 0.146 e. The van der Waals surface area contributed by atoms with Crippen molar-refractivity contribution < 1.29 is 4.39 Å². The lowest BCUT2D eigenvalue weighted by atomic mass is 9.98. The lowest BCUT2D eigenvalue weighted by molar-refractivity contribution is 0.138. The second-order valence-electron chi connectivity index (χ2n) is 5.61. The number of rotatable bonds is 2. The van der Waals surface area contributed by atoms with Gasteiger partial charge in [-0.1, -0.05) is 12.1 Å². The molecule has 0 aromatic heterocycles. The number of nitrogens with two attached hydrogens (primary N) is 1. The first kappa shape index (κ1) is 13.3. The molecule has 1 heterocycles. The molecule has 0 unspecified atom stereocenters. The molecule has 2 N–H and O–H groups in total. The molecule has 18 heavy (non-hydrogen) atoms. The first-order valence-corrected chi connectivity index (χ1v) is 6.39. The van der Waals surface area contributed by atoms with Crippen LogP contribution in [0.15, 0.2) is 18.2 Å². The van der Waals surface area contributed by atoms with Crippen LogP contribution in [0, 0.1) is 5.82 Å². The molecule has 0 aliphatic carbocycles. The SMILES string of the molecule is CN1CCN(c2c(F)cccc2CN)CC1(C)C. The van der Waals surface area contributed by atoms with Crippen molar-refractivity contribution in [1.29, 1.82) is 0 Å². The summed E-state index contributed by atoms with van der Waals surface area (Å²) >= 11 is 0. The maximum Gasteiger partial charge on any atom is 0.146 e. The average Bonchev–Trinajstić information content (AvgIpc) is 2.32. The standard InChI is InChI=1S/C14H22FN3/c1-14(2)10-18(8-7-17(14)3)13-11(9-16)5-4-6-12(13)15/h4-6H,7-10,16H2,1-3H3. The number of halogens is 1. The van der Waals surface area contributed by atoms with Crippen molar-refractivity contribution in [2.45, 2.75) is 25.9 Å². The fourth-order valence-electron chi connectivity index (χ4n) is 2.51. The van der Waals surface area contributed by atoms with Crippen LogP contribution in [0.4, 0.5) is 10.1 Å². The molecule has 1 saturated heterocycles. The van der Waals surface area contributed by atoms with Gasteiger partial charge in [-0.05, 0) is 32.5 Å². The molecule has 1 aromatic rings. The number of nitrogens with zero attached hydrogens (tertiary/aromatic N) is 2. The van der Waals surface area contributed by atoms with Gasteiger partial charge in [-0.25, -0.2) is 4.39 Å². The van der Waals surface area contributed by atoms with Gasteiger partial charge in [-0.2, -0.15) is 0 Å². The fourth-order valence-corrected chi connectivity index (χ4v) is 2.51. The van der Waals surface area contributed by atoms with Gasteiger partial charge in [-0.15, -0.1) is 0 Å². The van der Waals surface area contributed by atoms with Crippen molar-refractivity contribution in [3.8, 4) is 0 Å². The number of para-hydroxylation sites is 1. The third kappa shape index (κ3) is 2.35. The summed E-state index contributed by atoms with van der Waals surface area (Å²) in [6.07, 6.45) is 0. The highest BCUT2D eigenvalue weighted by molar-refractivity contribution is 5.55. The van der Waals surface area contributed by atoms with Gasteiger partial charge in [0.15, 0.2) is 0 Å². The van der Waals surface area contributed by atoms with E-state index in [1.54, 1.807) is 6.07 Å². The van der Waals surface area contributed by atoms with Crippen molar-refractivity contribution in [3.05, 3.63) is 29.6 Å². The van der Waals surface area contributed by atoms with Crippen molar-refractivity contribution in [2.24, 2.45) is 5.73 Å². The minimum Gasteiger partial charge on any atom is -0.366 e. The van der Waals surface area contributed by atoms with Crippen LogP contribution in [-0.4, -0.2) is 37.1 Å². The predicted molar refractivity (Wildman–Crippen MR) is 73.2 cm³/mol. The van der Waals surface area contributed by atoms with Crippen LogP contribution in [0.3, 0.4) is 0 Å². The van der Waals surface area contributed by atoms with E-state index in [1.807, 2.05) is 6.07 Å². The van der Waals surface area contributed by atoms with Crippen LogP contribution in [0.2, 0.25) is 0 Å². The summed E-state index contributed by atoms with van der Waals surface area (Å²) in [5.41, 5.74) is 7.33. The maximum atomic E-state index is 14.1. The minimum atomic E-state index is -0.168. The molecule has 0 spiro atoms. The van der Waals surface area contributed by atoms with E-state index in [1.165, 1.54) is 6.07 Å². The van der Waals surface area contributed by atoms with Crippen LogP contribution in [0.1, 0.15) is 19.4 Å². The molecule has 0 radical (unpaired) electrons. The Morgan fingerprint density at radius 3 is 2.67 bits per heavy atom. The van der Waals surface area contributed by atoms with Crippen LogP contribution in [0.5, 0.6) is 0 Å². The van der Waals surface area contributed by atoms with Gasteiger partial charge in [0.05, 0.1) is 5.69 Å². The summed E-state index contributed by atoms with van der Waals surface area (Å²) in [7, 11) is 2.11. The Morgan fingerprint density at radius 2 is 2.06 bits per heavy atom. The number of hydrogen-bond acceptors (Lipinski definition) is 3. The van der Waals surface area contributed by atoms with E-state index in [4.69, 9.17) is 5.73 Å². The van der Waals surface area contributed by atoms with E-state index in [0.717, 1.165) is 25.2 Å². The molecule has 2 rings (SSSR count). The number of benzene rings is 1. The first-order chi connectivity index (χ1) is 8.45. The van der Waals surface area contributed by atoms with Crippen molar-refractivity contribution in [3.63, 3.8) is 0 Å². The summed E-state index contributed by atoms with van der Waals surface area (Å²) in [4.78, 5) is 4.43. The Labute approximate surface area is 108 Å². The van der Waals surface area contributed by atoms with Crippen molar-refractivity contribution in [1.82, 2.24) is 4.90 Å². The number of likely N-dealkylation sites (N-methyl/N-ethyl adjacent to an activating group) is 1. The summed E-state index contributed by atoms with van der Waals surface area (Å²) in [6, 6.07) is 5.14. The Bertz CT molecular complexity index is 431. The van der Waals surface area contributed by atoms with E-state index in [2.05, 4.69) is 30.7 Å². The summed E-state index contributed by atoms with van der Waals surface area (Å²) in [6.45, 7) is 7.33. The normalized spacial score (nSPS) is 20.2. The molecule has 3 nitrogen and oxygen atoms in total. The zero-order valence-electron chi connectivity index (χ0n) is 11.4. The van der Waals surface area contributed by atoms with Gasteiger partial charge in [0.1, 0.15) is 5.82 Å². The van der Waals surface area contributed by atoms with Gasteiger partial charge >= 0.3 is 0 Å². The van der Waals surface area contributed by atoms with E-state index in [9.17, 15) is 4.39 Å². The van der Waals surface area contributed by atoms with Gasteiger partial charge in [-0.3, -0.25) is 4.90 Å². The molecule has 1 fully saturated rings. The number of piperazine rings is 1. The molecule has 0 bridgehead atoms. The Kier molecular flexibility index (Phi) is 3.59. The minimum absolute atomic E-state index is 0.0480. The fraction of sp³-hybridized carbons (Fsp3) is 0.571. The summed E-state index contributed by atoms with van der Waals surface area (Å²) in [5, 5.41) is 0. The van der Waals surface area contributed by atoms with Crippen LogP contribution in [0.25, 0.3) is 0 Å². The highest BCUT2D eigenvalue weighted by Gasteiger charge is 2.32. The monoisotopic (exact) mass is 251 g/mol. The quantitative estimate of drug-likeness (QED) is 0.870. The zero-order chi connectivity index (χ0) is 13.3. The largest absolute Gasteiger partial charge is 0.366 e. The predicted octanol–water partition coefficient (Wildman–Crippen LogP) is 1.81. The van der Waals surface area contributed by atoms with E-state index in [-0.39, 0.29) is 11.4 Å². The number of hydrogen-bond donors (Lipinski definition) is 1. The third-order valence-electron chi connectivity index (χ3n) is 3.92. The van der Waals surface area contributed by atoms with Crippen molar-refractivity contribution >= 4 is 5.69 Å². The molecule has 1 aliphatic heterocycles. The zero-order valence-corrected chi connectivity index (χ0v) is 11.4. The van der Waals surface area contributed by atoms with Crippen LogP contribution in [-0.2, 0) is 6.54 Å². The molecular weight excluding hydrogens is 229 g/mol. The molecule has 4 heteroatoms. The molecule has 0 amide bonds. The van der Waals surface area contributed by atoms with E-state index in [0.29, 0.717) is 12.2 Å². The maximum absolute atomic E-state index is 14.1. The average molecular weight is 251 g/mol. The Balaban J connectivity index is 2.33. The first-order valence-electron chi connectivity index (χ1n) is 6.39. The number of anilines is 1. The summed E-state index contributed by atoms with van der Waals surface area (Å²) in [5.74, 6) is -0.168.